The Morgan fingerprint density at radius 3 is 0.326 bits per heavy atom. The van der Waals surface area contributed by atoms with Gasteiger partial charge in [-0.25, -0.2) is 0 Å². The van der Waals surface area contributed by atoms with Gasteiger partial charge in [0.2, 0.25) is 0 Å². The lowest BCUT2D eigenvalue weighted by atomic mass is 9.78. The fraction of sp³-hybridized carbons (Fsp3) is 0.500. The first kappa shape index (κ1) is 115. The van der Waals surface area contributed by atoms with Crippen molar-refractivity contribution in [1.82, 2.24) is 0 Å². The summed E-state index contributed by atoms with van der Waals surface area (Å²) in [6.45, 7) is 61.2. The molecular formula is C120H165Cl5O10. The molecule has 0 fully saturated rings. The summed E-state index contributed by atoms with van der Waals surface area (Å²) in [6.07, 6.45) is 10.2. The van der Waals surface area contributed by atoms with Gasteiger partial charge < -0.3 is 47.4 Å². The summed E-state index contributed by atoms with van der Waals surface area (Å²) in [4.78, 5) is 0. The van der Waals surface area contributed by atoms with E-state index in [0.29, 0.717) is 62.6 Å². The standard InChI is InChI=1S/5C24H33ClO2/c5*1-6-18(3)16-26-22-12-8-19(9-13-22)24(4,5)20-10-14-23(15-11-20)27-17-21(25)7-2/h5*8-15,18,21H,6-7,16-17H2,1-5H3/t2*18-,21+;2*18-,21-;/m1010./s1. The van der Waals surface area contributed by atoms with Gasteiger partial charge in [0.1, 0.15) is 90.5 Å². The molecule has 0 N–H and O–H groups in total. The number of hydrogen-bond acceptors (Lipinski definition) is 10. The predicted molar refractivity (Wildman–Crippen MR) is 577 cm³/mol. The molecule has 10 rings (SSSR count). The van der Waals surface area contributed by atoms with Crippen LogP contribution in [0.3, 0.4) is 0 Å². The Hall–Kier alpha value is -8.35. The third-order valence-corrected chi connectivity index (χ3v) is 28.5. The molecule has 10 aromatic rings. The summed E-state index contributed by atoms with van der Waals surface area (Å²) >= 11 is 30.6. The Kier molecular flexibility index (Phi) is 50.6. The van der Waals surface area contributed by atoms with Gasteiger partial charge in [0.15, 0.2) is 0 Å². The summed E-state index contributed by atoms with van der Waals surface area (Å²) in [5, 5.41) is 0.288. The Bertz CT molecular complexity index is 3800. The van der Waals surface area contributed by atoms with Crippen molar-refractivity contribution in [2.75, 3.05) is 66.1 Å². The smallest absolute Gasteiger partial charge is 0.119 e. The number of rotatable bonds is 50. The molecule has 0 heterocycles. The van der Waals surface area contributed by atoms with E-state index in [4.69, 9.17) is 105 Å². The predicted octanol–water partition coefficient (Wildman–Crippen LogP) is 34.2. The second-order valence-electron chi connectivity index (χ2n) is 39.1. The second-order valence-corrected chi connectivity index (χ2v) is 42.2. The summed E-state index contributed by atoms with van der Waals surface area (Å²) in [5.74, 6) is 11.9. The zero-order chi connectivity index (χ0) is 99.3. The SMILES string of the molecule is CCC(C)COc1ccc(C(C)(C)c2ccc(OCC(Cl)CC)cc2)cc1.CC[C@@H](C)COc1ccc(C(C)(C)c2ccc(OC[C@@H](Cl)CC)cc2)cc1.CC[C@@H](C)COc1ccc(C(C)(C)c2ccc(OC[C@H](Cl)CC)cc2)cc1.CC[C@H](C)COc1ccc(C(C)(C)c2ccc(OC[C@@H](Cl)CC)cc2)cc1.CC[C@H](C)COc1ccc(C(C)(C)c2ccc(OC[C@H](Cl)CC)cc2)cc1. The number of ether oxygens (including phenoxy) is 10. The third-order valence-electron chi connectivity index (χ3n) is 26.3. The molecule has 0 bridgehead atoms. The highest BCUT2D eigenvalue weighted by Gasteiger charge is 2.29. The molecular weight excluding hydrogens is 1780 g/mol. The molecule has 0 aliphatic heterocycles. The van der Waals surface area contributed by atoms with Crippen LogP contribution in [-0.4, -0.2) is 93.0 Å². The summed E-state index contributed by atoms with van der Waals surface area (Å²) < 4.78 is 58.2. The van der Waals surface area contributed by atoms with E-state index in [1.54, 1.807) is 0 Å². The van der Waals surface area contributed by atoms with Crippen molar-refractivity contribution in [3.63, 3.8) is 0 Å². The molecule has 0 spiro atoms. The van der Waals surface area contributed by atoms with Crippen LogP contribution >= 0.6 is 58.0 Å². The van der Waals surface area contributed by atoms with E-state index < -0.39 is 0 Å². The summed E-state index contributed by atoms with van der Waals surface area (Å²) in [7, 11) is 0. The van der Waals surface area contributed by atoms with Gasteiger partial charge in [-0.15, -0.1) is 58.0 Å². The summed E-state index contributed by atoms with van der Waals surface area (Å²) in [5.41, 5.74) is 12.1. The molecule has 0 aliphatic rings. The Labute approximate surface area is 842 Å². The fourth-order valence-corrected chi connectivity index (χ4v) is 14.1. The van der Waals surface area contributed by atoms with Crippen molar-refractivity contribution in [3.05, 3.63) is 298 Å². The lowest BCUT2D eigenvalue weighted by Crippen LogP contribution is -2.19. The minimum Gasteiger partial charge on any atom is -0.493 e. The van der Waals surface area contributed by atoms with E-state index in [1.807, 2.05) is 60.7 Å². The first-order valence-corrected chi connectivity index (χ1v) is 52.0. The second kappa shape index (κ2) is 59.2. The zero-order valence-corrected chi connectivity index (χ0v) is 90.3. The third kappa shape index (κ3) is 39.1. The lowest BCUT2D eigenvalue weighted by molar-refractivity contribution is 0.256. The molecule has 0 saturated heterocycles. The lowest BCUT2D eigenvalue weighted by Gasteiger charge is -2.26. The van der Waals surface area contributed by atoms with Crippen LogP contribution in [0.5, 0.6) is 57.5 Å². The van der Waals surface area contributed by atoms with Crippen LogP contribution in [0.15, 0.2) is 243 Å². The molecule has 0 radical (unpaired) electrons. The average molecular weight is 1940 g/mol. The van der Waals surface area contributed by atoms with Crippen molar-refractivity contribution in [2.45, 2.75) is 291 Å². The Morgan fingerprint density at radius 2 is 0.244 bits per heavy atom. The molecule has 10 atom stereocenters. The van der Waals surface area contributed by atoms with Gasteiger partial charge in [-0.2, -0.15) is 0 Å². The van der Waals surface area contributed by atoms with E-state index >= 15 is 0 Å². The molecule has 10 aromatic carbocycles. The van der Waals surface area contributed by atoms with Crippen LogP contribution in [0.4, 0.5) is 0 Å². The van der Waals surface area contributed by atoms with Gasteiger partial charge >= 0.3 is 0 Å². The Morgan fingerprint density at radius 1 is 0.156 bits per heavy atom. The molecule has 135 heavy (non-hydrogen) atoms. The first-order valence-electron chi connectivity index (χ1n) is 49.9. The van der Waals surface area contributed by atoms with Crippen LogP contribution in [0.25, 0.3) is 0 Å². The first-order chi connectivity index (χ1) is 64.3. The molecule has 740 valence electrons. The van der Waals surface area contributed by atoms with E-state index in [0.717, 1.165) is 155 Å². The van der Waals surface area contributed by atoms with Gasteiger partial charge in [-0.05, 0) is 239 Å². The van der Waals surface area contributed by atoms with Crippen molar-refractivity contribution >= 4 is 58.0 Å². The maximum atomic E-state index is 6.12. The molecule has 10 nitrogen and oxygen atoms in total. The quantitative estimate of drug-likeness (QED) is 0.0343. The fourth-order valence-electron chi connectivity index (χ4n) is 13.8. The van der Waals surface area contributed by atoms with Crippen molar-refractivity contribution in [2.24, 2.45) is 29.6 Å². The number of halogens is 5. The number of hydrogen-bond donors (Lipinski definition) is 0. The van der Waals surface area contributed by atoms with Gasteiger partial charge in [-0.3, -0.25) is 0 Å². The van der Waals surface area contributed by atoms with E-state index in [1.165, 1.54) is 55.6 Å². The average Bonchev–Trinajstić information content (AvgIpc) is 0.822. The zero-order valence-electron chi connectivity index (χ0n) is 86.5. The van der Waals surface area contributed by atoms with E-state index in [9.17, 15) is 0 Å². The number of benzene rings is 10. The van der Waals surface area contributed by atoms with Crippen molar-refractivity contribution < 1.29 is 47.4 Å². The van der Waals surface area contributed by atoms with Crippen molar-refractivity contribution in [1.29, 1.82) is 0 Å². The molecule has 0 aliphatic carbocycles. The van der Waals surface area contributed by atoms with Crippen LogP contribution in [0.2, 0.25) is 0 Å². The maximum absolute atomic E-state index is 6.12. The maximum Gasteiger partial charge on any atom is 0.119 e. The monoisotopic (exact) mass is 1940 g/mol. The van der Waals surface area contributed by atoms with Gasteiger partial charge in [-0.1, -0.05) is 327 Å². The van der Waals surface area contributed by atoms with Crippen LogP contribution in [-0.2, 0) is 27.1 Å². The van der Waals surface area contributed by atoms with Crippen LogP contribution in [0.1, 0.15) is 293 Å². The highest BCUT2D eigenvalue weighted by molar-refractivity contribution is 6.21. The van der Waals surface area contributed by atoms with Crippen LogP contribution < -0.4 is 47.4 Å². The molecule has 15 heteroatoms. The largest absolute Gasteiger partial charge is 0.493 e. The van der Waals surface area contributed by atoms with E-state index in [2.05, 4.69) is 355 Å². The Balaban J connectivity index is 0.000000259. The summed E-state index contributed by atoms with van der Waals surface area (Å²) in [6, 6.07) is 84.0. The normalized spacial score (nSPS) is 13.9. The van der Waals surface area contributed by atoms with Gasteiger partial charge in [0.05, 0.1) is 59.9 Å². The van der Waals surface area contributed by atoms with Crippen molar-refractivity contribution in [3.8, 4) is 57.5 Å². The van der Waals surface area contributed by atoms with E-state index in [-0.39, 0.29) is 54.0 Å². The molecule has 2 unspecified atom stereocenters. The van der Waals surface area contributed by atoms with Gasteiger partial charge in [0.25, 0.3) is 0 Å². The minimum absolute atomic E-state index is 0.0576. The molecule has 0 aromatic heterocycles. The molecule has 0 amide bonds. The van der Waals surface area contributed by atoms with Crippen LogP contribution in [0, 0.1) is 29.6 Å². The topological polar surface area (TPSA) is 92.3 Å². The highest BCUT2D eigenvalue weighted by atomic mass is 35.5. The number of alkyl halides is 5. The highest BCUT2D eigenvalue weighted by Crippen LogP contribution is 2.40. The minimum atomic E-state index is -0.0911. The molecule has 0 saturated carbocycles. The van der Waals surface area contributed by atoms with Gasteiger partial charge in [0, 0.05) is 27.1 Å².